The molecule has 1 aromatic carbocycles. The number of carbonyl (C=O) groups is 1. The minimum atomic E-state index is -0.769. The lowest BCUT2D eigenvalue weighted by Gasteiger charge is -2.05. The molecule has 0 aliphatic heterocycles. The van der Waals surface area contributed by atoms with E-state index in [0.717, 1.165) is 11.1 Å². The molecule has 2 rings (SSSR count). The predicted molar refractivity (Wildman–Crippen MR) is 66.2 cm³/mol. The zero-order valence-corrected chi connectivity index (χ0v) is 10.2. The minimum Gasteiger partial charge on any atom is -0.481 e. The van der Waals surface area contributed by atoms with Gasteiger partial charge >= 0.3 is 5.97 Å². The maximum Gasteiger partial charge on any atom is 0.303 e. The van der Waals surface area contributed by atoms with Crippen LogP contribution in [0, 0.1) is 0 Å². The van der Waals surface area contributed by atoms with Gasteiger partial charge in [0, 0.05) is 11.7 Å². The maximum absolute atomic E-state index is 10.4. The van der Waals surface area contributed by atoms with Crippen LogP contribution >= 0.6 is 11.8 Å². The van der Waals surface area contributed by atoms with Gasteiger partial charge in [-0.15, -0.1) is 0 Å². The highest BCUT2D eigenvalue weighted by Gasteiger charge is 2.12. The molecule has 90 valence electrons. The molecule has 0 spiro atoms. The van der Waals surface area contributed by atoms with Gasteiger partial charge in [0.15, 0.2) is 5.58 Å². The Labute approximate surface area is 103 Å². The molecule has 0 aliphatic rings. The Morgan fingerprint density at radius 1 is 1.53 bits per heavy atom. The maximum atomic E-state index is 10.4. The first-order chi connectivity index (χ1) is 8.15. The van der Waals surface area contributed by atoms with Gasteiger partial charge in [0.05, 0.1) is 0 Å². The van der Waals surface area contributed by atoms with Gasteiger partial charge in [-0.2, -0.15) is 0 Å². The molecule has 0 amide bonds. The molecule has 1 unspecified atom stereocenters. The van der Waals surface area contributed by atoms with Gasteiger partial charge in [0.2, 0.25) is 0 Å². The molecule has 1 aromatic heterocycles. The molecule has 0 saturated heterocycles. The summed E-state index contributed by atoms with van der Waals surface area (Å²) in [6, 6.07) is 7.57. The average molecular weight is 251 g/mol. The summed E-state index contributed by atoms with van der Waals surface area (Å²) in [6.45, 7) is 1.97. The van der Waals surface area contributed by atoms with E-state index in [9.17, 15) is 4.79 Å². The van der Waals surface area contributed by atoms with Gasteiger partial charge in [-0.1, -0.05) is 30.8 Å². The van der Waals surface area contributed by atoms with Crippen molar-refractivity contribution in [2.75, 3.05) is 0 Å². The third-order valence-electron chi connectivity index (χ3n) is 2.34. The number of para-hydroxylation sites is 2. The quantitative estimate of drug-likeness (QED) is 0.827. The van der Waals surface area contributed by atoms with Crippen molar-refractivity contribution in [3.05, 3.63) is 24.3 Å². The summed E-state index contributed by atoms with van der Waals surface area (Å²) in [6.07, 6.45) is 0.785. The number of oxazole rings is 1. The van der Waals surface area contributed by atoms with E-state index < -0.39 is 5.97 Å². The minimum absolute atomic E-state index is 0.175. The van der Waals surface area contributed by atoms with Gasteiger partial charge in [-0.25, -0.2) is 4.98 Å². The van der Waals surface area contributed by atoms with E-state index in [2.05, 4.69) is 4.98 Å². The first kappa shape index (κ1) is 12.0. The Morgan fingerprint density at radius 2 is 2.29 bits per heavy atom. The summed E-state index contributed by atoms with van der Waals surface area (Å²) in [5.74, 6) is -0.769. The zero-order valence-electron chi connectivity index (χ0n) is 9.42. The standard InChI is InChI=1S/C12H13NO3S/c1-8(6-7-11(14)15)17-12-13-9-4-2-3-5-10(9)16-12/h2-5,8H,6-7H2,1H3,(H,14,15). The highest BCUT2D eigenvalue weighted by molar-refractivity contribution is 7.99. The van der Waals surface area contributed by atoms with E-state index in [0.29, 0.717) is 11.6 Å². The Kier molecular flexibility index (Phi) is 3.68. The SMILES string of the molecule is CC(CCC(=O)O)Sc1nc2ccccc2o1. The van der Waals surface area contributed by atoms with Gasteiger partial charge in [-0.05, 0) is 18.6 Å². The van der Waals surface area contributed by atoms with Crippen LogP contribution in [0.15, 0.2) is 33.9 Å². The van der Waals surface area contributed by atoms with Gasteiger partial charge in [0.1, 0.15) is 5.52 Å². The number of hydrogen-bond donors (Lipinski definition) is 1. The molecule has 0 aliphatic carbocycles. The third kappa shape index (κ3) is 3.23. The van der Waals surface area contributed by atoms with Gasteiger partial charge < -0.3 is 9.52 Å². The molecule has 0 radical (unpaired) electrons. The molecular formula is C12H13NO3S. The number of nitrogens with zero attached hydrogens (tertiary/aromatic N) is 1. The van der Waals surface area contributed by atoms with Crippen LogP contribution in [-0.2, 0) is 4.79 Å². The third-order valence-corrected chi connectivity index (χ3v) is 3.36. The van der Waals surface area contributed by atoms with E-state index >= 15 is 0 Å². The number of benzene rings is 1. The van der Waals surface area contributed by atoms with Crippen LogP contribution in [0.4, 0.5) is 0 Å². The largest absolute Gasteiger partial charge is 0.481 e. The van der Waals surface area contributed by atoms with E-state index in [1.165, 1.54) is 11.8 Å². The highest BCUT2D eigenvalue weighted by Crippen LogP contribution is 2.28. The molecule has 0 bridgehead atoms. The van der Waals surface area contributed by atoms with E-state index in [1.54, 1.807) is 0 Å². The van der Waals surface area contributed by atoms with Crippen molar-refractivity contribution in [1.29, 1.82) is 0 Å². The summed E-state index contributed by atoms with van der Waals surface area (Å²) >= 11 is 1.47. The van der Waals surface area contributed by atoms with Crippen molar-refractivity contribution in [2.24, 2.45) is 0 Å². The van der Waals surface area contributed by atoms with Crippen LogP contribution in [0.5, 0.6) is 0 Å². The second-order valence-corrected chi connectivity index (χ2v) is 5.20. The van der Waals surface area contributed by atoms with Crippen LogP contribution in [0.2, 0.25) is 0 Å². The molecule has 0 saturated carbocycles. The average Bonchev–Trinajstić information content (AvgIpc) is 2.68. The lowest BCUT2D eigenvalue weighted by molar-refractivity contribution is -0.137. The van der Waals surface area contributed by atoms with Crippen molar-refractivity contribution in [3.63, 3.8) is 0 Å². The molecule has 0 fully saturated rings. The summed E-state index contributed by atoms with van der Waals surface area (Å²) < 4.78 is 5.55. The molecule has 17 heavy (non-hydrogen) atoms. The molecule has 1 heterocycles. The Balaban J connectivity index is 2.00. The zero-order chi connectivity index (χ0) is 12.3. The van der Waals surface area contributed by atoms with E-state index in [1.807, 2.05) is 31.2 Å². The molecule has 1 atom stereocenters. The first-order valence-corrected chi connectivity index (χ1v) is 6.27. The topological polar surface area (TPSA) is 63.3 Å². The van der Waals surface area contributed by atoms with Crippen LogP contribution in [0.3, 0.4) is 0 Å². The number of rotatable bonds is 5. The Morgan fingerprint density at radius 3 is 3.00 bits per heavy atom. The Bertz CT molecular complexity index is 490. The van der Waals surface area contributed by atoms with E-state index in [4.69, 9.17) is 9.52 Å². The van der Waals surface area contributed by atoms with E-state index in [-0.39, 0.29) is 11.7 Å². The molecule has 4 nitrogen and oxygen atoms in total. The fraction of sp³-hybridized carbons (Fsp3) is 0.333. The summed E-state index contributed by atoms with van der Waals surface area (Å²) in [7, 11) is 0. The summed E-state index contributed by atoms with van der Waals surface area (Å²) in [4.78, 5) is 14.8. The summed E-state index contributed by atoms with van der Waals surface area (Å²) in [5, 5.41) is 9.38. The summed E-state index contributed by atoms with van der Waals surface area (Å²) in [5.41, 5.74) is 1.60. The van der Waals surface area contributed by atoms with Crippen LogP contribution < -0.4 is 0 Å². The number of carboxylic acids is 1. The van der Waals surface area contributed by atoms with Crippen molar-refractivity contribution in [3.8, 4) is 0 Å². The van der Waals surface area contributed by atoms with Crippen LogP contribution in [0.1, 0.15) is 19.8 Å². The fourth-order valence-electron chi connectivity index (χ4n) is 1.46. The predicted octanol–water partition coefficient (Wildman–Crippen LogP) is 3.17. The number of aliphatic carboxylic acids is 1. The highest BCUT2D eigenvalue weighted by atomic mass is 32.2. The van der Waals surface area contributed by atoms with Crippen LogP contribution in [0.25, 0.3) is 11.1 Å². The van der Waals surface area contributed by atoms with Crippen LogP contribution in [-0.4, -0.2) is 21.3 Å². The Hall–Kier alpha value is -1.49. The second kappa shape index (κ2) is 5.23. The molecular weight excluding hydrogens is 238 g/mol. The van der Waals surface area contributed by atoms with Gasteiger partial charge in [-0.3, -0.25) is 4.79 Å². The van der Waals surface area contributed by atoms with Gasteiger partial charge in [0.25, 0.3) is 5.22 Å². The van der Waals surface area contributed by atoms with Crippen molar-refractivity contribution >= 4 is 28.8 Å². The molecule has 2 aromatic rings. The molecule has 5 heteroatoms. The lowest BCUT2D eigenvalue weighted by atomic mass is 10.2. The number of hydrogen-bond acceptors (Lipinski definition) is 4. The fourth-order valence-corrected chi connectivity index (χ4v) is 2.33. The van der Waals surface area contributed by atoms with Crippen molar-refractivity contribution in [2.45, 2.75) is 30.2 Å². The number of carboxylic acid groups (broad SMARTS) is 1. The molecule has 1 N–H and O–H groups in total. The number of thioether (sulfide) groups is 1. The second-order valence-electron chi connectivity index (χ2n) is 3.81. The smallest absolute Gasteiger partial charge is 0.303 e. The first-order valence-electron chi connectivity index (χ1n) is 5.39. The van der Waals surface area contributed by atoms with Crippen molar-refractivity contribution < 1.29 is 14.3 Å². The lowest BCUT2D eigenvalue weighted by Crippen LogP contribution is -2.02. The number of fused-ring (bicyclic) bond motifs is 1. The number of aromatic nitrogens is 1. The van der Waals surface area contributed by atoms with Crippen molar-refractivity contribution in [1.82, 2.24) is 4.98 Å². The normalized spacial score (nSPS) is 12.8. The monoisotopic (exact) mass is 251 g/mol.